The van der Waals surface area contributed by atoms with Crippen molar-refractivity contribution in [2.45, 2.75) is 31.7 Å². The van der Waals surface area contributed by atoms with Crippen molar-refractivity contribution in [3.63, 3.8) is 0 Å². The molecular weight excluding hydrogens is 314 g/mol. The molecule has 5 nitrogen and oxygen atoms in total. The molecule has 1 aromatic carbocycles. The highest BCUT2D eigenvalue weighted by Crippen LogP contribution is 2.29. The van der Waals surface area contributed by atoms with E-state index in [1.807, 2.05) is 12.1 Å². The van der Waals surface area contributed by atoms with Crippen LogP contribution in [0.5, 0.6) is 0 Å². The Kier molecular flexibility index (Phi) is 4.87. The summed E-state index contributed by atoms with van der Waals surface area (Å²) in [6.07, 6.45) is 3.62. The van der Waals surface area contributed by atoms with E-state index < -0.39 is 5.92 Å². The van der Waals surface area contributed by atoms with Crippen molar-refractivity contribution in [2.75, 3.05) is 18.0 Å². The molecule has 1 aliphatic heterocycles. The van der Waals surface area contributed by atoms with E-state index in [1.165, 1.54) is 0 Å². The standard InChI is InChI=1S/C17H22ClN3O2/c18-12-4-2-5-13(9-12)21-8-7-14(17(21)23)16(22)20-15-6-1-3-11(15)10-19/h2,4-5,9,11,14-15H,1,3,6-8,10,19H2,(H,20,22). The molecule has 2 amide bonds. The third kappa shape index (κ3) is 3.35. The van der Waals surface area contributed by atoms with Gasteiger partial charge in [-0.2, -0.15) is 0 Å². The second-order valence-corrected chi connectivity index (χ2v) is 6.79. The van der Waals surface area contributed by atoms with Gasteiger partial charge in [-0.25, -0.2) is 0 Å². The first kappa shape index (κ1) is 16.3. The van der Waals surface area contributed by atoms with Crippen LogP contribution in [0.1, 0.15) is 25.7 Å². The van der Waals surface area contributed by atoms with Crippen molar-refractivity contribution in [2.24, 2.45) is 17.6 Å². The van der Waals surface area contributed by atoms with Crippen LogP contribution in [0.15, 0.2) is 24.3 Å². The van der Waals surface area contributed by atoms with Gasteiger partial charge in [0.05, 0.1) is 0 Å². The quantitative estimate of drug-likeness (QED) is 0.826. The Morgan fingerprint density at radius 2 is 2.17 bits per heavy atom. The number of amides is 2. The maximum atomic E-state index is 12.6. The summed E-state index contributed by atoms with van der Waals surface area (Å²) < 4.78 is 0. The zero-order chi connectivity index (χ0) is 16.4. The molecule has 2 aliphatic rings. The van der Waals surface area contributed by atoms with Gasteiger partial charge in [-0.1, -0.05) is 24.1 Å². The Morgan fingerprint density at radius 3 is 2.91 bits per heavy atom. The fourth-order valence-corrected chi connectivity index (χ4v) is 3.80. The van der Waals surface area contributed by atoms with Crippen LogP contribution in [0, 0.1) is 11.8 Å². The summed E-state index contributed by atoms with van der Waals surface area (Å²) >= 11 is 5.99. The van der Waals surface area contributed by atoms with Crippen LogP contribution in [0.25, 0.3) is 0 Å². The van der Waals surface area contributed by atoms with Gasteiger partial charge in [-0.15, -0.1) is 0 Å². The Bertz CT molecular complexity index is 607. The number of nitrogens with zero attached hydrogens (tertiary/aromatic N) is 1. The number of nitrogens with one attached hydrogen (secondary N) is 1. The fraction of sp³-hybridized carbons (Fsp3) is 0.529. The second-order valence-electron chi connectivity index (χ2n) is 6.35. The van der Waals surface area contributed by atoms with Crippen LogP contribution < -0.4 is 16.0 Å². The molecule has 3 N–H and O–H groups in total. The molecule has 0 radical (unpaired) electrons. The lowest BCUT2D eigenvalue weighted by Crippen LogP contribution is -2.44. The molecule has 1 saturated carbocycles. The zero-order valence-electron chi connectivity index (χ0n) is 13.0. The van der Waals surface area contributed by atoms with Crippen molar-refractivity contribution in [3.05, 3.63) is 29.3 Å². The summed E-state index contributed by atoms with van der Waals surface area (Å²) in [7, 11) is 0. The molecule has 23 heavy (non-hydrogen) atoms. The lowest BCUT2D eigenvalue weighted by molar-refractivity contribution is -0.132. The summed E-state index contributed by atoms with van der Waals surface area (Å²) in [6.45, 7) is 1.13. The minimum Gasteiger partial charge on any atom is -0.352 e. The van der Waals surface area contributed by atoms with E-state index in [0.717, 1.165) is 24.9 Å². The van der Waals surface area contributed by atoms with E-state index in [0.29, 0.717) is 30.5 Å². The van der Waals surface area contributed by atoms with Gasteiger partial charge in [-0.3, -0.25) is 9.59 Å². The van der Waals surface area contributed by atoms with Crippen molar-refractivity contribution in [1.82, 2.24) is 5.32 Å². The maximum absolute atomic E-state index is 12.6. The average Bonchev–Trinajstić information content (AvgIpc) is 3.13. The van der Waals surface area contributed by atoms with Crippen LogP contribution in [0.3, 0.4) is 0 Å². The van der Waals surface area contributed by atoms with Crippen LogP contribution >= 0.6 is 11.6 Å². The minimum atomic E-state index is -0.604. The highest BCUT2D eigenvalue weighted by Gasteiger charge is 2.39. The van der Waals surface area contributed by atoms with Gasteiger partial charge in [0.2, 0.25) is 11.8 Å². The Labute approximate surface area is 141 Å². The molecular formula is C17H22ClN3O2. The smallest absolute Gasteiger partial charge is 0.239 e. The number of rotatable bonds is 4. The van der Waals surface area contributed by atoms with E-state index in [4.69, 9.17) is 17.3 Å². The minimum absolute atomic E-state index is 0.112. The number of hydrogen-bond donors (Lipinski definition) is 2. The number of benzene rings is 1. The first-order chi connectivity index (χ1) is 11.1. The first-order valence-electron chi connectivity index (χ1n) is 8.17. The number of hydrogen-bond acceptors (Lipinski definition) is 3. The number of anilines is 1. The van der Waals surface area contributed by atoms with Gasteiger partial charge >= 0.3 is 0 Å². The monoisotopic (exact) mass is 335 g/mol. The average molecular weight is 336 g/mol. The number of carbonyl (C=O) groups excluding carboxylic acids is 2. The Balaban J connectivity index is 1.65. The number of nitrogens with two attached hydrogens (primary N) is 1. The summed E-state index contributed by atoms with van der Waals surface area (Å²) in [5.74, 6) is -0.579. The van der Waals surface area contributed by atoms with Crippen molar-refractivity contribution >= 4 is 29.1 Å². The number of halogens is 1. The van der Waals surface area contributed by atoms with Gasteiger partial charge in [0, 0.05) is 23.3 Å². The van der Waals surface area contributed by atoms with Crippen molar-refractivity contribution in [1.29, 1.82) is 0 Å². The Morgan fingerprint density at radius 1 is 1.35 bits per heavy atom. The van der Waals surface area contributed by atoms with E-state index in [2.05, 4.69) is 5.32 Å². The number of carbonyl (C=O) groups is 2. The van der Waals surface area contributed by atoms with Gasteiger partial charge in [-0.05, 0) is 49.9 Å². The topological polar surface area (TPSA) is 75.4 Å². The van der Waals surface area contributed by atoms with Gasteiger partial charge in [0.25, 0.3) is 0 Å². The largest absolute Gasteiger partial charge is 0.352 e. The Hall–Kier alpha value is -1.59. The molecule has 6 heteroatoms. The third-order valence-electron chi connectivity index (χ3n) is 4.93. The molecule has 1 aromatic rings. The predicted octanol–water partition coefficient (Wildman–Crippen LogP) is 1.94. The van der Waals surface area contributed by atoms with Crippen LogP contribution in [-0.4, -0.2) is 30.9 Å². The van der Waals surface area contributed by atoms with Gasteiger partial charge in [0.15, 0.2) is 0 Å². The van der Waals surface area contributed by atoms with Crippen LogP contribution in [0.2, 0.25) is 5.02 Å². The van der Waals surface area contributed by atoms with E-state index in [1.54, 1.807) is 17.0 Å². The third-order valence-corrected chi connectivity index (χ3v) is 5.17. The van der Waals surface area contributed by atoms with E-state index in [9.17, 15) is 9.59 Å². The fourth-order valence-electron chi connectivity index (χ4n) is 3.62. The van der Waals surface area contributed by atoms with Crippen LogP contribution in [-0.2, 0) is 9.59 Å². The molecule has 3 atom stereocenters. The molecule has 1 saturated heterocycles. The molecule has 3 unspecified atom stereocenters. The van der Waals surface area contributed by atoms with E-state index in [-0.39, 0.29) is 17.9 Å². The summed E-state index contributed by atoms with van der Waals surface area (Å²) in [5.41, 5.74) is 6.50. The summed E-state index contributed by atoms with van der Waals surface area (Å²) in [6, 6.07) is 7.28. The zero-order valence-corrected chi connectivity index (χ0v) is 13.8. The first-order valence-corrected chi connectivity index (χ1v) is 8.55. The molecule has 2 fully saturated rings. The van der Waals surface area contributed by atoms with Gasteiger partial charge in [0.1, 0.15) is 5.92 Å². The van der Waals surface area contributed by atoms with E-state index >= 15 is 0 Å². The molecule has 3 rings (SSSR count). The highest BCUT2D eigenvalue weighted by molar-refractivity contribution is 6.31. The molecule has 0 aromatic heterocycles. The molecule has 0 spiro atoms. The second kappa shape index (κ2) is 6.89. The normalized spacial score (nSPS) is 27.5. The van der Waals surface area contributed by atoms with Crippen molar-refractivity contribution in [3.8, 4) is 0 Å². The van der Waals surface area contributed by atoms with Crippen LogP contribution in [0.4, 0.5) is 5.69 Å². The highest BCUT2D eigenvalue weighted by atomic mass is 35.5. The SMILES string of the molecule is NCC1CCCC1NC(=O)C1CCN(c2cccc(Cl)c2)C1=O. The molecule has 1 aliphatic carbocycles. The molecule has 0 bridgehead atoms. The summed E-state index contributed by atoms with van der Waals surface area (Å²) in [4.78, 5) is 26.7. The maximum Gasteiger partial charge on any atom is 0.239 e. The lowest BCUT2D eigenvalue weighted by Gasteiger charge is -2.21. The summed E-state index contributed by atoms with van der Waals surface area (Å²) in [5, 5.41) is 3.63. The lowest BCUT2D eigenvalue weighted by atomic mass is 10.0. The predicted molar refractivity (Wildman–Crippen MR) is 90.2 cm³/mol. The molecule has 1 heterocycles. The van der Waals surface area contributed by atoms with Crippen molar-refractivity contribution < 1.29 is 9.59 Å². The molecule has 124 valence electrons. The van der Waals surface area contributed by atoms with Gasteiger partial charge < -0.3 is 16.0 Å².